The number of amides is 1. The summed E-state index contributed by atoms with van der Waals surface area (Å²) in [5.74, 6) is -0.582. The van der Waals surface area contributed by atoms with Crippen LogP contribution in [0.25, 0.3) is 22.2 Å². The fraction of sp³-hybridized carbons (Fsp3) is 0.185. The van der Waals surface area contributed by atoms with Crippen LogP contribution in [0, 0.1) is 0 Å². The number of para-hydroxylation sites is 1. The van der Waals surface area contributed by atoms with E-state index in [2.05, 4.69) is 4.57 Å². The van der Waals surface area contributed by atoms with Crippen molar-refractivity contribution in [3.05, 3.63) is 89.5 Å². The lowest BCUT2D eigenvalue weighted by molar-refractivity contribution is -0.142. The molecule has 0 saturated carbocycles. The number of carboxylic acid groups (broad SMARTS) is 1. The molecule has 166 valence electrons. The zero-order valence-corrected chi connectivity index (χ0v) is 18.6. The van der Waals surface area contributed by atoms with Crippen LogP contribution in [-0.4, -0.2) is 39.6 Å². The number of carboxylic acids is 1. The van der Waals surface area contributed by atoms with E-state index in [1.54, 1.807) is 20.1 Å². The van der Waals surface area contributed by atoms with Crippen molar-refractivity contribution in [2.24, 2.45) is 7.05 Å². The molecule has 0 fully saturated rings. The summed E-state index contributed by atoms with van der Waals surface area (Å²) < 4.78 is 7.57. The second-order valence-electron chi connectivity index (χ2n) is 8.29. The van der Waals surface area contributed by atoms with Gasteiger partial charge in [-0.3, -0.25) is 4.79 Å². The summed E-state index contributed by atoms with van der Waals surface area (Å²) in [4.78, 5) is 27.0. The normalized spacial score (nSPS) is 16.2. The van der Waals surface area contributed by atoms with Crippen molar-refractivity contribution >= 4 is 22.8 Å². The maximum Gasteiger partial charge on any atom is 0.326 e. The molecule has 0 saturated heterocycles. The first-order chi connectivity index (χ1) is 15.9. The molecule has 0 radical (unpaired) electrons. The minimum absolute atomic E-state index is 0.268. The van der Waals surface area contributed by atoms with Gasteiger partial charge in [-0.05, 0) is 36.8 Å². The highest BCUT2D eigenvalue weighted by Gasteiger charge is 2.44. The van der Waals surface area contributed by atoms with Crippen molar-refractivity contribution in [3.8, 4) is 17.0 Å². The van der Waals surface area contributed by atoms with E-state index in [-0.39, 0.29) is 5.91 Å². The Bertz CT molecular complexity index is 1400. The summed E-state index contributed by atoms with van der Waals surface area (Å²) in [7, 11) is 3.62. The van der Waals surface area contributed by atoms with E-state index in [1.165, 1.54) is 4.90 Å². The Balaban J connectivity index is 1.87. The first-order valence-electron chi connectivity index (χ1n) is 10.8. The second-order valence-corrected chi connectivity index (χ2v) is 8.29. The molecule has 5 rings (SSSR count). The maximum atomic E-state index is 13.5. The summed E-state index contributed by atoms with van der Waals surface area (Å²) >= 11 is 0. The van der Waals surface area contributed by atoms with Gasteiger partial charge in [-0.25, -0.2) is 4.79 Å². The van der Waals surface area contributed by atoms with Gasteiger partial charge >= 0.3 is 5.97 Å². The highest BCUT2D eigenvalue weighted by Crippen LogP contribution is 2.47. The number of fused-ring (bicyclic) bond motifs is 2. The standard InChI is InChI=1S/C27H24N2O4/c1-16(27(31)32)29-25(19-11-4-5-12-20(19)26(29)30)23-21-13-6-7-14-22(21)28(2)24(23)17-9-8-10-18(15-17)33-3/h4-16,25H,1-3H3,(H,31,32)/t16-,25+/m0/s1. The van der Waals surface area contributed by atoms with Crippen LogP contribution in [0.4, 0.5) is 0 Å². The van der Waals surface area contributed by atoms with Gasteiger partial charge in [0.15, 0.2) is 0 Å². The Morgan fingerprint density at radius 1 is 1.03 bits per heavy atom. The van der Waals surface area contributed by atoms with Gasteiger partial charge in [0, 0.05) is 34.6 Å². The van der Waals surface area contributed by atoms with Crippen LogP contribution in [0.2, 0.25) is 0 Å². The van der Waals surface area contributed by atoms with Crippen molar-refractivity contribution in [1.82, 2.24) is 9.47 Å². The minimum atomic E-state index is -1.04. The minimum Gasteiger partial charge on any atom is -0.497 e. The van der Waals surface area contributed by atoms with E-state index in [4.69, 9.17) is 4.74 Å². The van der Waals surface area contributed by atoms with Crippen LogP contribution in [0.1, 0.15) is 34.5 Å². The Morgan fingerprint density at radius 3 is 2.52 bits per heavy atom. The number of ether oxygens (including phenoxy) is 1. The van der Waals surface area contributed by atoms with Crippen LogP contribution in [-0.2, 0) is 11.8 Å². The average Bonchev–Trinajstić information content (AvgIpc) is 3.29. The molecule has 0 bridgehead atoms. The molecule has 33 heavy (non-hydrogen) atoms. The van der Waals surface area contributed by atoms with Crippen LogP contribution in [0.5, 0.6) is 5.75 Å². The molecule has 0 aliphatic carbocycles. The first kappa shape index (κ1) is 20.8. The van der Waals surface area contributed by atoms with Gasteiger partial charge in [0.25, 0.3) is 5.91 Å². The fourth-order valence-corrected chi connectivity index (χ4v) is 4.97. The summed E-state index contributed by atoms with van der Waals surface area (Å²) in [6.07, 6.45) is 0. The summed E-state index contributed by atoms with van der Waals surface area (Å²) in [5.41, 5.74) is 5.13. The Hall–Kier alpha value is -4.06. The Kier molecular flexibility index (Phi) is 4.93. The molecule has 1 aliphatic rings. The third kappa shape index (κ3) is 3.09. The van der Waals surface area contributed by atoms with E-state index in [9.17, 15) is 14.7 Å². The number of rotatable bonds is 5. The molecule has 1 aliphatic heterocycles. The van der Waals surface area contributed by atoms with Crippen molar-refractivity contribution in [1.29, 1.82) is 0 Å². The molecule has 2 atom stereocenters. The number of aromatic nitrogens is 1. The number of hydrogen-bond acceptors (Lipinski definition) is 3. The fourth-order valence-electron chi connectivity index (χ4n) is 4.97. The molecule has 1 aromatic heterocycles. The van der Waals surface area contributed by atoms with Crippen LogP contribution >= 0.6 is 0 Å². The number of methoxy groups -OCH3 is 1. The molecule has 2 heterocycles. The smallest absolute Gasteiger partial charge is 0.326 e. The van der Waals surface area contributed by atoms with Crippen LogP contribution < -0.4 is 4.74 Å². The van der Waals surface area contributed by atoms with Gasteiger partial charge < -0.3 is 19.3 Å². The number of nitrogens with zero attached hydrogens (tertiary/aromatic N) is 2. The predicted molar refractivity (Wildman–Crippen MR) is 126 cm³/mol. The maximum absolute atomic E-state index is 13.5. The average molecular weight is 440 g/mol. The van der Waals surface area contributed by atoms with Gasteiger partial charge in [0.05, 0.1) is 18.8 Å². The zero-order chi connectivity index (χ0) is 23.3. The van der Waals surface area contributed by atoms with Gasteiger partial charge in [0.2, 0.25) is 0 Å². The highest BCUT2D eigenvalue weighted by molar-refractivity contribution is 6.04. The predicted octanol–water partition coefficient (Wildman–Crippen LogP) is 4.87. The summed E-state index contributed by atoms with van der Waals surface area (Å²) in [6, 6.07) is 21.7. The molecule has 1 amide bonds. The lowest BCUT2D eigenvalue weighted by Crippen LogP contribution is -2.41. The van der Waals surface area contributed by atoms with E-state index in [1.807, 2.05) is 73.8 Å². The molecule has 6 heteroatoms. The number of benzene rings is 3. The quantitative estimate of drug-likeness (QED) is 0.481. The van der Waals surface area contributed by atoms with Gasteiger partial charge in [-0.1, -0.05) is 48.5 Å². The van der Waals surface area contributed by atoms with Crippen molar-refractivity contribution in [2.45, 2.75) is 19.0 Å². The first-order valence-corrected chi connectivity index (χ1v) is 10.8. The topological polar surface area (TPSA) is 71.8 Å². The van der Waals surface area contributed by atoms with Crippen molar-refractivity contribution in [3.63, 3.8) is 0 Å². The molecule has 6 nitrogen and oxygen atoms in total. The van der Waals surface area contributed by atoms with E-state index < -0.39 is 18.1 Å². The third-order valence-electron chi connectivity index (χ3n) is 6.54. The van der Waals surface area contributed by atoms with Crippen molar-refractivity contribution < 1.29 is 19.4 Å². The molecule has 4 aromatic rings. The van der Waals surface area contributed by atoms with Crippen molar-refractivity contribution in [2.75, 3.05) is 7.11 Å². The lowest BCUT2D eigenvalue weighted by Gasteiger charge is -2.30. The van der Waals surface area contributed by atoms with E-state index >= 15 is 0 Å². The molecule has 3 aromatic carbocycles. The van der Waals surface area contributed by atoms with Gasteiger partial charge in [-0.2, -0.15) is 0 Å². The largest absolute Gasteiger partial charge is 0.497 e. The molecular formula is C27H24N2O4. The highest BCUT2D eigenvalue weighted by atomic mass is 16.5. The third-order valence-corrected chi connectivity index (χ3v) is 6.54. The van der Waals surface area contributed by atoms with E-state index in [0.29, 0.717) is 5.56 Å². The number of aliphatic carboxylic acids is 1. The monoisotopic (exact) mass is 440 g/mol. The molecule has 1 N–H and O–H groups in total. The van der Waals surface area contributed by atoms with Gasteiger partial charge in [0.1, 0.15) is 11.8 Å². The van der Waals surface area contributed by atoms with Crippen LogP contribution in [0.3, 0.4) is 0 Å². The zero-order valence-electron chi connectivity index (χ0n) is 18.6. The van der Waals surface area contributed by atoms with Gasteiger partial charge in [-0.15, -0.1) is 0 Å². The molecular weight excluding hydrogens is 416 g/mol. The number of carbonyl (C=O) groups excluding carboxylic acids is 1. The van der Waals surface area contributed by atoms with Crippen LogP contribution in [0.15, 0.2) is 72.8 Å². The SMILES string of the molecule is COc1cccc(-c2c([C@H]3c4ccccc4C(=O)N3[C@@H](C)C(=O)O)c3ccccc3n2C)c1. The number of hydrogen-bond donors (Lipinski definition) is 1. The summed E-state index contributed by atoms with van der Waals surface area (Å²) in [6.45, 7) is 1.56. The molecule has 0 unspecified atom stereocenters. The van der Waals surface area contributed by atoms with E-state index in [0.717, 1.165) is 39.0 Å². The Morgan fingerprint density at radius 2 is 1.76 bits per heavy atom. The lowest BCUT2D eigenvalue weighted by atomic mass is 9.92. The number of carbonyl (C=O) groups is 2. The summed E-state index contributed by atoms with van der Waals surface area (Å²) in [5, 5.41) is 10.8. The number of aryl methyl sites for hydroxylation is 1. The molecule has 0 spiro atoms. The Labute approximate surface area is 191 Å². The second kappa shape index (κ2) is 7.81.